The fourth-order valence-corrected chi connectivity index (χ4v) is 2.35. The maximum atomic E-state index is 14.0. The molecule has 4 heteroatoms. The molecule has 20 heavy (non-hydrogen) atoms. The third kappa shape index (κ3) is 3.30. The average molecular weight is 294 g/mol. The Hall–Kier alpha value is -1.58. The van der Waals surface area contributed by atoms with Gasteiger partial charge in [-0.1, -0.05) is 41.9 Å². The summed E-state index contributed by atoms with van der Waals surface area (Å²) in [6.45, 7) is 2.41. The van der Waals surface area contributed by atoms with Crippen molar-refractivity contribution in [3.8, 4) is 5.75 Å². The van der Waals surface area contributed by atoms with E-state index in [4.69, 9.17) is 16.3 Å². The Kier molecular flexibility index (Phi) is 4.99. The van der Waals surface area contributed by atoms with Crippen LogP contribution >= 0.6 is 11.6 Å². The molecule has 0 fully saturated rings. The smallest absolute Gasteiger partial charge is 0.169 e. The predicted molar refractivity (Wildman–Crippen MR) is 79.7 cm³/mol. The topological polar surface area (TPSA) is 21.3 Å². The van der Waals surface area contributed by atoms with Gasteiger partial charge in [0.1, 0.15) is 0 Å². The van der Waals surface area contributed by atoms with Gasteiger partial charge in [0.05, 0.1) is 7.11 Å². The third-order valence-corrected chi connectivity index (χ3v) is 3.58. The molecule has 2 rings (SSSR count). The number of hydrogen-bond donors (Lipinski definition) is 1. The SMILES string of the molecule is COc1cccc(CNC(C)c2ccccc2Cl)c1F. The van der Waals surface area contributed by atoms with Crippen LogP contribution < -0.4 is 10.1 Å². The lowest BCUT2D eigenvalue weighted by Gasteiger charge is -2.16. The first-order valence-electron chi connectivity index (χ1n) is 6.42. The molecule has 1 unspecified atom stereocenters. The van der Waals surface area contributed by atoms with E-state index < -0.39 is 0 Å². The fourth-order valence-electron chi connectivity index (χ4n) is 2.05. The first kappa shape index (κ1) is 14.8. The molecule has 0 radical (unpaired) electrons. The van der Waals surface area contributed by atoms with Crippen molar-refractivity contribution in [1.82, 2.24) is 5.32 Å². The van der Waals surface area contributed by atoms with Gasteiger partial charge in [-0.3, -0.25) is 0 Å². The molecule has 1 atom stereocenters. The molecule has 0 bridgehead atoms. The fraction of sp³-hybridized carbons (Fsp3) is 0.250. The van der Waals surface area contributed by atoms with E-state index >= 15 is 0 Å². The zero-order valence-corrected chi connectivity index (χ0v) is 12.2. The minimum atomic E-state index is -0.325. The van der Waals surface area contributed by atoms with Crippen molar-refractivity contribution >= 4 is 11.6 Å². The molecule has 0 aliphatic carbocycles. The monoisotopic (exact) mass is 293 g/mol. The molecule has 0 aliphatic heterocycles. The van der Waals surface area contributed by atoms with Crippen molar-refractivity contribution in [2.45, 2.75) is 19.5 Å². The number of methoxy groups -OCH3 is 1. The first-order valence-corrected chi connectivity index (χ1v) is 6.80. The summed E-state index contributed by atoms with van der Waals surface area (Å²) in [6, 6.07) is 12.8. The molecular weight excluding hydrogens is 277 g/mol. The average Bonchev–Trinajstić information content (AvgIpc) is 2.46. The normalized spacial score (nSPS) is 12.2. The van der Waals surface area contributed by atoms with E-state index in [0.717, 1.165) is 5.56 Å². The molecule has 2 nitrogen and oxygen atoms in total. The zero-order chi connectivity index (χ0) is 14.5. The molecular formula is C16H17ClFNO. The highest BCUT2D eigenvalue weighted by Gasteiger charge is 2.11. The quantitative estimate of drug-likeness (QED) is 0.885. The van der Waals surface area contributed by atoms with E-state index in [1.807, 2.05) is 31.2 Å². The van der Waals surface area contributed by atoms with Crippen LogP contribution in [0.25, 0.3) is 0 Å². The minimum absolute atomic E-state index is 0.0364. The number of ether oxygens (including phenoxy) is 1. The molecule has 2 aromatic rings. The van der Waals surface area contributed by atoms with Gasteiger partial charge in [0, 0.05) is 23.2 Å². The summed E-state index contributed by atoms with van der Waals surface area (Å²) < 4.78 is 19.0. The van der Waals surface area contributed by atoms with E-state index in [2.05, 4.69) is 5.32 Å². The number of halogens is 2. The number of hydrogen-bond acceptors (Lipinski definition) is 2. The molecule has 1 N–H and O–H groups in total. The lowest BCUT2D eigenvalue weighted by Crippen LogP contribution is -2.19. The van der Waals surface area contributed by atoms with Gasteiger partial charge in [-0.15, -0.1) is 0 Å². The van der Waals surface area contributed by atoms with Crippen molar-refractivity contribution < 1.29 is 9.13 Å². The lowest BCUT2D eigenvalue weighted by molar-refractivity contribution is 0.382. The highest BCUT2D eigenvalue weighted by Crippen LogP contribution is 2.24. The Morgan fingerprint density at radius 2 is 1.95 bits per heavy atom. The first-order chi connectivity index (χ1) is 9.63. The molecule has 0 aromatic heterocycles. The van der Waals surface area contributed by atoms with Crippen molar-refractivity contribution in [1.29, 1.82) is 0 Å². The van der Waals surface area contributed by atoms with Gasteiger partial charge in [-0.2, -0.15) is 0 Å². The van der Waals surface area contributed by atoms with E-state index in [-0.39, 0.29) is 17.6 Å². The van der Waals surface area contributed by atoms with Crippen molar-refractivity contribution in [3.05, 3.63) is 64.4 Å². The summed E-state index contributed by atoms with van der Waals surface area (Å²) in [6.07, 6.45) is 0. The summed E-state index contributed by atoms with van der Waals surface area (Å²) in [5.41, 5.74) is 1.57. The Bertz CT molecular complexity index is 588. The van der Waals surface area contributed by atoms with Crippen molar-refractivity contribution in [2.75, 3.05) is 7.11 Å². The summed E-state index contributed by atoms with van der Waals surface area (Å²) in [4.78, 5) is 0. The number of rotatable bonds is 5. The molecule has 0 saturated carbocycles. The van der Waals surface area contributed by atoms with Gasteiger partial charge in [0.25, 0.3) is 0 Å². The van der Waals surface area contributed by atoms with Gasteiger partial charge in [-0.25, -0.2) is 4.39 Å². The molecule has 0 spiro atoms. The molecule has 0 amide bonds. The Labute approximate surface area is 123 Å². The van der Waals surface area contributed by atoms with Crippen LogP contribution in [-0.2, 0) is 6.54 Å². The predicted octanol–water partition coefficient (Wildman–Crippen LogP) is 4.34. The maximum Gasteiger partial charge on any atom is 0.169 e. The van der Waals surface area contributed by atoms with Gasteiger partial charge in [0.15, 0.2) is 11.6 Å². The van der Waals surface area contributed by atoms with Crippen LogP contribution in [0.4, 0.5) is 4.39 Å². The second-order valence-electron chi connectivity index (χ2n) is 4.56. The van der Waals surface area contributed by atoms with Crippen molar-refractivity contribution in [3.63, 3.8) is 0 Å². The van der Waals surface area contributed by atoms with E-state index in [1.165, 1.54) is 7.11 Å². The van der Waals surface area contributed by atoms with Crippen LogP contribution in [-0.4, -0.2) is 7.11 Å². The van der Waals surface area contributed by atoms with Gasteiger partial charge < -0.3 is 10.1 Å². The second kappa shape index (κ2) is 6.73. The molecule has 0 saturated heterocycles. The van der Waals surface area contributed by atoms with Crippen LogP contribution in [0.1, 0.15) is 24.1 Å². The Morgan fingerprint density at radius 3 is 2.65 bits per heavy atom. The zero-order valence-electron chi connectivity index (χ0n) is 11.5. The summed E-state index contributed by atoms with van der Waals surface area (Å²) in [7, 11) is 1.46. The lowest BCUT2D eigenvalue weighted by atomic mass is 10.1. The van der Waals surface area contributed by atoms with Crippen LogP contribution in [0.3, 0.4) is 0 Å². The Balaban J connectivity index is 2.08. The standard InChI is InChI=1S/C16H17ClFNO/c1-11(13-7-3-4-8-14(13)17)19-10-12-6-5-9-15(20-2)16(12)18/h3-9,11,19H,10H2,1-2H3. The summed E-state index contributed by atoms with van der Waals surface area (Å²) in [5, 5.41) is 3.98. The molecule has 106 valence electrons. The second-order valence-corrected chi connectivity index (χ2v) is 4.96. The van der Waals surface area contributed by atoms with Gasteiger partial charge in [0.2, 0.25) is 0 Å². The summed E-state index contributed by atoms with van der Waals surface area (Å²) in [5.74, 6) is -0.0662. The number of nitrogens with one attached hydrogen (secondary N) is 1. The highest BCUT2D eigenvalue weighted by molar-refractivity contribution is 6.31. The van der Waals surface area contributed by atoms with E-state index in [0.29, 0.717) is 17.1 Å². The van der Waals surface area contributed by atoms with Crippen LogP contribution in [0.15, 0.2) is 42.5 Å². The molecule has 2 aromatic carbocycles. The summed E-state index contributed by atoms with van der Waals surface area (Å²) >= 11 is 6.15. The number of benzene rings is 2. The van der Waals surface area contributed by atoms with Crippen molar-refractivity contribution in [2.24, 2.45) is 0 Å². The molecule has 0 heterocycles. The van der Waals surface area contributed by atoms with Crippen LogP contribution in [0, 0.1) is 5.82 Å². The van der Waals surface area contributed by atoms with E-state index in [9.17, 15) is 4.39 Å². The van der Waals surface area contributed by atoms with Gasteiger partial charge >= 0.3 is 0 Å². The minimum Gasteiger partial charge on any atom is -0.494 e. The maximum absolute atomic E-state index is 14.0. The largest absolute Gasteiger partial charge is 0.494 e. The third-order valence-electron chi connectivity index (χ3n) is 3.23. The van der Waals surface area contributed by atoms with E-state index in [1.54, 1.807) is 18.2 Å². The molecule has 0 aliphatic rings. The Morgan fingerprint density at radius 1 is 1.20 bits per heavy atom. The highest BCUT2D eigenvalue weighted by atomic mass is 35.5. The van der Waals surface area contributed by atoms with Crippen LogP contribution in [0.2, 0.25) is 5.02 Å². The van der Waals surface area contributed by atoms with Gasteiger partial charge in [-0.05, 0) is 24.6 Å². The van der Waals surface area contributed by atoms with Crippen LogP contribution in [0.5, 0.6) is 5.75 Å².